The smallest absolute Gasteiger partial charge is 0.233 e. The van der Waals surface area contributed by atoms with Crippen LogP contribution in [-0.4, -0.2) is 32.0 Å². The van der Waals surface area contributed by atoms with Crippen LogP contribution in [0.15, 0.2) is 35.5 Å². The van der Waals surface area contributed by atoms with Crippen molar-refractivity contribution >= 4 is 17.7 Å². The molecule has 0 aliphatic heterocycles. The van der Waals surface area contributed by atoms with Gasteiger partial charge in [0.05, 0.1) is 5.25 Å². The van der Waals surface area contributed by atoms with E-state index in [-0.39, 0.29) is 11.2 Å². The van der Waals surface area contributed by atoms with E-state index in [9.17, 15) is 4.79 Å². The highest BCUT2D eigenvalue weighted by molar-refractivity contribution is 8.00. The summed E-state index contributed by atoms with van der Waals surface area (Å²) in [5, 5.41) is 12.5. The van der Waals surface area contributed by atoms with E-state index >= 15 is 0 Å². The molecule has 0 spiro atoms. The molecule has 3 rings (SSSR count). The first-order valence-electron chi connectivity index (χ1n) is 10.6. The summed E-state index contributed by atoms with van der Waals surface area (Å²) in [5.74, 6) is 2.26. The molecule has 158 valence electrons. The first kappa shape index (κ1) is 21.7. The van der Waals surface area contributed by atoms with Gasteiger partial charge in [0.1, 0.15) is 12.4 Å². The van der Waals surface area contributed by atoms with Gasteiger partial charge in [0.2, 0.25) is 5.91 Å². The molecule has 6 nitrogen and oxygen atoms in total. The Labute approximate surface area is 177 Å². The van der Waals surface area contributed by atoms with Crippen molar-refractivity contribution in [1.82, 2.24) is 20.1 Å². The van der Waals surface area contributed by atoms with Crippen LogP contribution in [0.1, 0.15) is 58.7 Å². The number of hydrogen-bond acceptors (Lipinski definition) is 5. The third kappa shape index (κ3) is 6.49. The third-order valence-electron chi connectivity index (χ3n) is 5.19. The van der Waals surface area contributed by atoms with E-state index in [4.69, 9.17) is 4.74 Å². The van der Waals surface area contributed by atoms with Gasteiger partial charge in [0.15, 0.2) is 11.0 Å². The number of hydrogen-bond donors (Lipinski definition) is 1. The van der Waals surface area contributed by atoms with E-state index in [0.29, 0.717) is 18.6 Å². The Kier molecular flexibility index (Phi) is 7.98. The van der Waals surface area contributed by atoms with Gasteiger partial charge in [-0.25, -0.2) is 0 Å². The largest absolute Gasteiger partial charge is 0.486 e. The molecule has 1 aliphatic rings. The SMILES string of the molecule is CC(C)CCn1c(COc2ccccc2)nnc1SC(C)C(=O)NC1CCCC1. The highest BCUT2D eigenvalue weighted by Gasteiger charge is 2.24. The molecule has 1 fully saturated rings. The van der Waals surface area contributed by atoms with Crippen LogP contribution in [-0.2, 0) is 17.9 Å². The molecule has 0 saturated heterocycles. The number of carbonyl (C=O) groups excluding carboxylic acids is 1. The summed E-state index contributed by atoms with van der Waals surface area (Å²) in [7, 11) is 0. The molecule has 7 heteroatoms. The quantitative estimate of drug-likeness (QED) is 0.580. The minimum Gasteiger partial charge on any atom is -0.486 e. The molecule has 1 saturated carbocycles. The number of thioether (sulfide) groups is 1. The third-order valence-corrected chi connectivity index (χ3v) is 6.27. The first-order valence-corrected chi connectivity index (χ1v) is 11.5. The Morgan fingerprint density at radius 2 is 1.93 bits per heavy atom. The molecule has 2 aromatic rings. The summed E-state index contributed by atoms with van der Waals surface area (Å²) in [6, 6.07) is 10.1. The van der Waals surface area contributed by atoms with Crippen molar-refractivity contribution in [1.29, 1.82) is 0 Å². The lowest BCUT2D eigenvalue weighted by Crippen LogP contribution is -2.37. The monoisotopic (exact) mass is 416 g/mol. The molecule has 0 radical (unpaired) electrons. The molecule has 1 unspecified atom stereocenters. The van der Waals surface area contributed by atoms with Crippen LogP contribution in [0, 0.1) is 5.92 Å². The number of aromatic nitrogens is 3. The first-order chi connectivity index (χ1) is 14.0. The zero-order valence-corrected chi connectivity index (χ0v) is 18.5. The fraction of sp³-hybridized carbons (Fsp3) is 0.591. The number of nitrogens with one attached hydrogen (secondary N) is 1. The Balaban J connectivity index is 1.65. The molecule has 1 aromatic heterocycles. The van der Waals surface area contributed by atoms with Gasteiger partial charge in [-0.15, -0.1) is 10.2 Å². The van der Waals surface area contributed by atoms with Crippen LogP contribution in [0.25, 0.3) is 0 Å². The van der Waals surface area contributed by atoms with E-state index < -0.39 is 0 Å². The average molecular weight is 417 g/mol. The minimum absolute atomic E-state index is 0.0856. The van der Waals surface area contributed by atoms with Crippen molar-refractivity contribution in [2.24, 2.45) is 5.92 Å². The van der Waals surface area contributed by atoms with E-state index in [1.54, 1.807) is 0 Å². The van der Waals surface area contributed by atoms with Crippen molar-refractivity contribution in [3.05, 3.63) is 36.2 Å². The van der Waals surface area contributed by atoms with Crippen molar-refractivity contribution in [3.8, 4) is 5.75 Å². The molecule has 1 heterocycles. The van der Waals surface area contributed by atoms with Crippen LogP contribution in [0.3, 0.4) is 0 Å². The number of nitrogens with zero attached hydrogens (tertiary/aromatic N) is 3. The minimum atomic E-state index is -0.208. The van der Waals surface area contributed by atoms with Crippen LogP contribution in [0.2, 0.25) is 0 Å². The van der Waals surface area contributed by atoms with Gasteiger partial charge in [-0.2, -0.15) is 0 Å². The zero-order chi connectivity index (χ0) is 20.6. The van der Waals surface area contributed by atoms with Gasteiger partial charge >= 0.3 is 0 Å². The van der Waals surface area contributed by atoms with E-state index in [0.717, 1.165) is 42.5 Å². The van der Waals surface area contributed by atoms with Crippen molar-refractivity contribution in [2.45, 2.75) is 82.5 Å². The second kappa shape index (κ2) is 10.7. The second-order valence-electron chi connectivity index (χ2n) is 8.08. The topological polar surface area (TPSA) is 69.0 Å². The lowest BCUT2D eigenvalue weighted by molar-refractivity contribution is -0.120. The predicted molar refractivity (Wildman–Crippen MR) is 116 cm³/mol. The summed E-state index contributed by atoms with van der Waals surface area (Å²) >= 11 is 1.48. The number of ether oxygens (including phenoxy) is 1. The highest BCUT2D eigenvalue weighted by Crippen LogP contribution is 2.25. The summed E-state index contributed by atoms with van der Waals surface area (Å²) in [4.78, 5) is 12.6. The average Bonchev–Trinajstić information content (AvgIpc) is 3.35. The molecular formula is C22H32N4O2S. The van der Waals surface area contributed by atoms with Crippen LogP contribution < -0.4 is 10.1 Å². The number of para-hydroxylation sites is 1. The number of amides is 1. The van der Waals surface area contributed by atoms with E-state index in [1.165, 1.54) is 24.6 Å². The number of benzene rings is 1. The van der Waals surface area contributed by atoms with Gasteiger partial charge in [0, 0.05) is 12.6 Å². The molecule has 1 atom stereocenters. The Hall–Kier alpha value is -2.02. The normalized spacial score (nSPS) is 15.6. The molecule has 1 N–H and O–H groups in total. The van der Waals surface area contributed by atoms with Crippen molar-refractivity contribution in [2.75, 3.05) is 0 Å². The maximum atomic E-state index is 12.6. The van der Waals surface area contributed by atoms with Crippen LogP contribution >= 0.6 is 11.8 Å². The van der Waals surface area contributed by atoms with E-state index in [1.807, 2.05) is 37.3 Å². The van der Waals surface area contributed by atoms with Gasteiger partial charge < -0.3 is 14.6 Å². The Morgan fingerprint density at radius 1 is 1.21 bits per heavy atom. The summed E-state index contributed by atoms with van der Waals surface area (Å²) in [6.45, 7) is 7.52. The summed E-state index contributed by atoms with van der Waals surface area (Å²) in [5.41, 5.74) is 0. The molecule has 0 bridgehead atoms. The van der Waals surface area contributed by atoms with Crippen molar-refractivity contribution in [3.63, 3.8) is 0 Å². The maximum absolute atomic E-state index is 12.6. The Bertz CT molecular complexity index is 772. The summed E-state index contributed by atoms with van der Waals surface area (Å²) in [6.07, 6.45) is 5.62. The maximum Gasteiger partial charge on any atom is 0.233 e. The zero-order valence-electron chi connectivity index (χ0n) is 17.6. The van der Waals surface area contributed by atoms with E-state index in [2.05, 4.69) is 33.9 Å². The molecule has 1 amide bonds. The second-order valence-corrected chi connectivity index (χ2v) is 9.39. The van der Waals surface area contributed by atoms with Crippen molar-refractivity contribution < 1.29 is 9.53 Å². The van der Waals surface area contributed by atoms with Gasteiger partial charge in [-0.3, -0.25) is 4.79 Å². The molecule has 29 heavy (non-hydrogen) atoms. The molecule has 1 aromatic carbocycles. The molecule has 1 aliphatic carbocycles. The lowest BCUT2D eigenvalue weighted by atomic mass is 10.1. The van der Waals surface area contributed by atoms with Gasteiger partial charge in [-0.05, 0) is 44.2 Å². The van der Waals surface area contributed by atoms with Crippen LogP contribution in [0.5, 0.6) is 5.75 Å². The standard InChI is InChI=1S/C22H32N4O2S/c1-16(2)13-14-26-20(15-28-19-11-5-4-6-12-19)24-25-22(26)29-17(3)21(27)23-18-9-7-8-10-18/h4-6,11-12,16-18H,7-10,13-15H2,1-3H3,(H,23,27). The fourth-order valence-electron chi connectivity index (χ4n) is 3.39. The Morgan fingerprint density at radius 3 is 2.62 bits per heavy atom. The van der Waals surface area contributed by atoms with Gasteiger partial charge in [-0.1, -0.05) is 56.7 Å². The lowest BCUT2D eigenvalue weighted by Gasteiger charge is -2.17. The van der Waals surface area contributed by atoms with Gasteiger partial charge in [0.25, 0.3) is 0 Å². The number of rotatable bonds is 10. The fourth-order valence-corrected chi connectivity index (χ4v) is 4.29. The highest BCUT2D eigenvalue weighted by atomic mass is 32.2. The predicted octanol–water partition coefficient (Wildman–Crippen LogP) is 4.44. The summed E-state index contributed by atoms with van der Waals surface area (Å²) < 4.78 is 7.99. The number of carbonyl (C=O) groups is 1. The molecular weight excluding hydrogens is 384 g/mol. The van der Waals surface area contributed by atoms with Crippen LogP contribution in [0.4, 0.5) is 0 Å².